The Morgan fingerprint density at radius 1 is 1.15 bits per heavy atom. The molecule has 0 bridgehead atoms. The summed E-state index contributed by atoms with van der Waals surface area (Å²) in [5.74, 6) is 2.23. The number of nitrogens with one attached hydrogen (secondary N) is 1. The second-order valence-corrected chi connectivity index (χ2v) is 9.06. The number of amides is 1. The Balaban J connectivity index is 1.43. The maximum atomic E-state index is 12.9. The quantitative estimate of drug-likeness (QED) is 0.431. The van der Waals surface area contributed by atoms with Gasteiger partial charge in [-0.25, -0.2) is 4.98 Å². The average Bonchev–Trinajstić information content (AvgIpc) is 3.57. The number of nitrogens with zero attached hydrogens (tertiary/aromatic N) is 4. The van der Waals surface area contributed by atoms with Gasteiger partial charge in [-0.2, -0.15) is 5.10 Å². The van der Waals surface area contributed by atoms with Gasteiger partial charge in [0.2, 0.25) is 0 Å². The van der Waals surface area contributed by atoms with Crippen molar-refractivity contribution in [3.05, 3.63) is 101 Å². The minimum Gasteiger partial charge on any atom is -0.465 e. The molecule has 0 unspecified atom stereocenters. The standard InChI is InChI=1S/C27H29N5O2/c1-18(2)32-17-29-26(30-32)24-16-31(15-20-7-5-4-6-8-20)25-12-10-21(13-23(24)25)27(33)28-14-22-11-9-19(3)34-22/h4-13,17-18,24H,14-16H2,1-3H3,(H,28,33)/t24-/m0/s1. The van der Waals surface area contributed by atoms with Crippen molar-refractivity contribution in [1.29, 1.82) is 0 Å². The van der Waals surface area contributed by atoms with Crippen LogP contribution in [0.5, 0.6) is 0 Å². The molecule has 1 aliphatic heterocycles. The maximum Gasteiger partial charge on any atom is 0.251 e. The van der Waals surface area contributed by atoms with E-state index in [4.69, 9.17) is 9.52 Å². The SMILES string of the molecule is Cc1ccc(CNC(=O)c2ccc3c(c2)[C@@H](c2ncn(C(C)C)n2)CN3Cc2ccccc2)o1. The smallest absolute Gasteiger partial charge is 0.251 e. The van der Waals surface area contributed by atoms with Gasteiger partial charge in [0.25, 0.3) is 5.91 Å². The summed E-state index contributed by atoms with van der Waals surface area (Å²) in [7, 11) is 0. The van der Waals surface area contributed by atoms with Crippen molar-refractivity contribution >= 4 is 11.6 Å². The van der Waals surface area contributed by atoms with E-state index < -0.39 is 0 Å². The van der Waals surface area contributed by atoms with Crippen LogP contribution in [0.2, 0.25) is 0 Å². The fraction of sp³-hybridized carbons (Fsp3) is 0.296. The highest BCUT2D eigenvalue weighted by Crippen LogP contribution is 2.40. The van der Waals surface area contributed by atoms with Crippen molar-refractivity contribution in [1.82, 2.24) is 20.1 Å². The summed E-state index contributed by atoms with van der Waals surface area (Å²) < 4.78 is 7.46. The average molecular weight is 456 g/mol. The zero-order valence-electron chi connectivity index (χ0n) is 19.7. The molecule has 1 aliphatic rings. The van der Waals surface area contributed by atoms with Crippen LogP contribution in [0.25, 0.3) is 0 Å². The van der Waals surface area contributed by atoms with E-state index in [9.17, 15) is 4.79 Å². The summed E-state index contributed by atoms with van der Waals surface area (Å²) in [5.41, 5.74) is 4.06. The minimum atomic E-state index is -0.127. The Morgan fingerprint density at radius 2 is 1.97 bits per heavy atom. The van der Waals surface area contributed by atoms with Gasteiger partial charge in [0.15, 0.2) is 5.82 Å². The van der Waals surface area contributed by atoms with Gasteiger partial charge in [0.05, 0.1) is 12.5 Å². The normalized spacial score (nSPS) is 15.1. The molecule has 2 aromatic carbocycles. The molecule has 0 saturated heterocycles. The first-order chi connectivity index (χ1) is 16.5. The van der Waals surface area contributed by atoms with Crippen molar-refractivity contribution in [2.45, 2.75) is 45.8 Å². The van der Waals surface area contributed by atoms with E-state index in [-0.39, 0.29) is 17.9 Å². The lowest BCUT2D eigenvalue weighted by atomic mass is 9.98. The number of hydrogen-bond donors (Lipinski definition) is 1. The highest BCUT2D eigenvalue weighted by Gasteiger charge is 2.33. The third-order valence-electron chi connectivity index (χ3n) is 6.21. The van der Waals surface area contributed by atoms with E-state index in [2.05, 4.69) is 53.3 Å². The van der Waals surface area contributed by atoms with Crippen LogP contribution in [0.1, 0.15) is 64.6 Å². The van der Waals surface area contributed by atoms with Gasteiger partial charge < -0.3 is 14.6 Å². The fourth-order valence-corrected chi connectivity index (χ4v) is 4.40. The zero-order valence-corrected chi connectivity index (χ0v) is 19.7. The summed E-state index contributed by atoms with van der Waals surface area (Å²) in [6.07, 6.45) is 1.79. The first kappa shape index (κ1) is 21.9. The number of carbonyl (C=O) groups is 1. The number of anilines is 1. The van der Waals surface area contributed by atoms with E-state index in [1.54, 1.807) is 6.33 Å². The Morgan fingerprint density at radius 3 is 2.68 bits per heavy atom. The van der Waals surface area contributed by atoms with Crippen molar-refractivity contribution in [2.75, 3.05) is 11.4 Å². The minimum absolute atomic E-state index is 0.000754. The van der Waals surface area contributed by atoms with Crippen molar-refractivity contribution in [3.63, 3.8) is 0 Å². The lowest BCUT2D eigenvalue weighted by Gasteiger charge is -2.20. The Hall–Kier alpha value is -3.87. The summed E-state index contributed by atoms with van der Waals surface area (Å²) in [6.45, 7) is 7.98. The van der Waals surface area contributed by atoms with Gasteiger partial charge in [-0.1, -0.05) is 30.3 Å². The molecule has 1 N–H and O–H groups in total. The molecule has 7 heteroatoms. The predicted molar refractivity (Wildman–Crippen MR) is 131 cm³/mol. The molecule has 0 spiro atoms. The van der Waals surface area contributed by atoms with Gasteiger partial charge in [0, 0.05) is 30.4 Å². The third kappa shape index (κ3) is 4.46. The second kappa shape index (κ2) is 9.17. The molecule has 174 valence electrons. The number of rotatable bonds is 7. The van der Waals surface area contributed by atoms with E-state index in [0.717, 1.165) is 41.7 Å². The van der Waals surface area contributed by atoms with Crippen molar-refractivity contribution in [3.8, 4) is 0 Å². The Labute approximate surface area is 199 Å². The molecule has 1 atom stereocenters. The third-order valence-corrected chi connectivity index (χ3v) is 6.21. The molecule has 4 aromatic rings. The van der Waals surface area contributed by atoms with Gasteiger partial charge in [-0.05, 0) is 62.2 Å². The van der Waals surface area contributed by atoms with Crippen LogP contribution in [-0.4, -0.2) is 27.2 Å². The number of fused-ring (bicyclic) bond motifs is 1. The topological polar surface area (TPSA) is 76.2 Å². The molecule has 0 fully saturated rings. The molecule has 5 rings (SSSR count). The number of aromatic nitrogens is 3. The van der Waals surface area contributed by atoms with Crippen molar-refractivity contribution in [2.24, 2.45) is 0 Å². The number of furan rings is 1. The van der Waals surface area contributed by atoms with Crippen LogP contribution >= 0.6 is 0 Å². The number of aryl methyl sites for hydroxylation is 1. The van der Waals surface area contributed by atoms with Gasteiger partial charge in [0.1, 0.15) is 17.8 Å². The summed E-state index contributed by atoms with van der Waals surface area (Å²) in [4.78, 5) is 19.9. The van der Waals surface area contributed by atoms with Gasteiger partial charge in [-0.3, -0.25) is 9.48 Å². The molecular weight excluding hydrogens is 426 g/mol. The molecule has 0 saturated carbocycles. The molecule has 34 heavy (non-hydrogen) atoms. The van der Waals surface area contributed by atoms with Crippen LogP contribution in [0.4, 0.5) is 5.69 Å². The lowest BCUT2D eigenvalue weighted by Crippen LogP contribution is -2.22. The first-order valence-corrected chi connectivity index (χ1v) is 11.7. The number of carbonyl (C=O) groups excluding carboxylic acids is 1. The van der Waals surface area contributed by atoms with E-state index in [0.29, 0.717) is 12.1 Å². The van der Waals surface area contributed by atoms with Crippen LogP contribution in [-0.2, 0) is 13.1 Å². The Bertz CT molecular complexity index is 1290. The highest BCUT2D eigenvalue weighted by atomic mass is 16.3. The van der Waals surface area contributed by atoms with Gasteiger partial charge >= 0.3 is 0 Å². The highest BCUT2D eigenvalue weighted by molar-refractivity contribution is 5.95. The maximum absolute atomic E-state index is 12.9. The molecular formula is C27H29N5O2. The molecule has 0 radical (unpaired) electrons. The summed E-state index contributed by atoms with van der Waals surface area (Å²) in [6, 6.07) is 20.4. The summed E-state index contributed by atoms with van der Waals surface area (Å²) in [5, 5.41) is 7.71. The lowest BCUT2D eigenvalue weighted by molar-refractivity contribution is 0.0948. The Kier molecular flexibility index (Phi) is 5.92. The van der Waals surface area contributed by atoms with E-state index in [1.807, 2.05) is 48.0 Å². The predicted octanol–water partition coefficient (Wildman–Crippen LogP) is 4.84. The van der Waals surface area contributed by atoms with Crippen LogP contribution < -0.4 is 10.2 Å². The molecule has 2 aromatic heterocycles. The summed E-state index contributed by atoms with van der Waals surface area (Å²) >= 11 is 0. The first-order valence-electron chi connectivity index (χ1n) is 11.7. The van der Waals surface area contributed by atoms with Crippen molar-refractivity contribution < 1.29 is 9.21 Å². The van der Waals surface area contributed by atoms with Crippen LogP contribution in [0.3, 0.4) is 0 Å². The largest absolute Gasteiger partial charge is 0.465 e. The monoisotopic (exact) mass is 455 g/mol. The molecule has 0 aliphatic carbocycles. The van der Waals surface area contributed by atoms with E-state index in [1.165, 1.54) is 5.56 Å². The second-order valence-electron chi connectivity index (χ2n) is 9.06. The van der Waals surface area contributed by atoms with Gasteiger partial charge in [-0.15, -0.1) is 0 Å². The fourth-order valence-electron chi connectivity index (χ4n) is 4.40. The zero-order chi connectivity index (χ0) is 23.7. The van der Waals surface area contributed by atoms with E-state index >= 15 is 0 Å². The van der Waals surface area contributed by atoms with Crippen LogP contribution in [0.15, 0.2) is 71.4 Å². The molecule has 3 heterocycles. The van der Waals surface area contributed by atoms with Crippen LogP contribution in [0, 0.1) is 6.92 Å². The molecule has 7 nitrogen and oxygen atoms in total. The molecule has 1 amide bonds. The number of hydrogen-bond acceptors (Lipinski definition) is 5. The number of benzene rings is 2.